The highest BCUT2D eigenvalue weighted by Crippen LogP contribution is 2.27. The van der Waals surface area contributed by atoms with Crippen molar-refractivity contribution < 1.29 is 39.4 Å². The first-order chi connectivity index (χ1) is 17.6. The van der Waals surface area contributed by atoms with E-state index in [1.165, 1.54) is 97.0 Å². The number of ether oxygens (including phenoxy) is 4. The van der Waals surface area contributed by atoms with Gasteiger partial charge in [0.2, 0.25) is 0 Å². The third-order valence-corrected chi connectivity index (χ3v) is 7.03. The molecule has 0 bridgehead atoms. The number of aliphatic hydroxyl groups excluding tert-OH is 4. The minimum absolute atomic E-state index is 0.161. The third-order valence-electron chi connectivity index (χ3n) is 7.03. The van der Waals surface area contributed by atoms with Gasteiger partial charge in [0, 0.05) is 13.7 Å². The van der Waals surface area contributed by atoms with Crippen LogP contribution < -0.4 is 0 Å². The Balaban J connectivity index is 2.13. The molecule has 0 aliphatic carbocycles. The van der Waals surface area contributed by atoms with Gasteiger partial charge in [-0.15, -0.1) is 0 Å². The fourth-order valence-electron chi connectivity index (χ4n) is 4.74. The van der Waals surface area contributed by atoms with Crippen LogP contribution in [-0.2, 0) is 18.9 Å². The maximum atomic E-state index is 10.6. The number of unbranched alkanes of at least 4 members (excludes halogenated alkanes) is 15. The molecular weight excluding hydrogens is 464 g/mol. The number of hydrogen-bond acceptors (Lipinski definition) is 8. The second kappa shape index (κ2) is 22.6. The van der Waals surface area contributed by atoms with Gasteiger partial charge in [-0.3, -0.25) is 0 Å². The number of methoxy groups -OCH3 is 1. The fraction of sp³-hybridized carbons (Fsp3) is 1.00. The van der Waals surface area contributed by atoms with Gasteiger partial charge in [-0.1, -0.05) is 103 Å². The van der Waals surface area contributed by atoms with Crippen LogP contribution >= 0.6 is 0 Å². The van der Waals surface area contributed by atoms with Crippen molar-refractivity contribution in [1.29, 1.82) is 0 Å². The van der Waals surface area contributed by atoms with Crippen LogP contribution in [0.25, 0.3) is 0 Å². The Kier molecular flexibility index (Phi) is 21.2. The molecule has 2 unspecified atom stereocenters. The molecule has 8 heteroatoms. The van der Waals surface area contributed by atoms with E-state index < -0.39 is 50.0 Å². The van der Waals surface area contributed by atoms with E-state index in [2.05, 4.69) is 6.92 Å². The van der Waals surface area contributed by atoms with E-state index in [1.807, 2.05) is 0 Å². The lowest BCUT2D eigenvalue weighted by Crippen LogP contribution is -2.61. The molecule has 1 aliphatic rings. The van der Waals surface area contributed by atoms with E-state index >= 15 is 0 Å². The van der Waals surface area contributed by atoms with Crippen LogP contribution in [0.5, 0.6) is 0 Å². The summed E-state index contributed by atoms with van der Waals surface area (Å²) in [6.07, 6.45) is 15.4. The molecule has 36 heavy (non-hydrogen) atoms. The topological polar surface area (TPSA) is 118 Å². The zero-order valence-corrected chi connectivity index (χ0v) is 23.0. The Morgan fingerprint density at radius 2 is 1.22 bits per heavy atom. The van der Waals surface area contributed by atoms with Crippen molar-refractivity contribution in [2.24, 2.45) is 0 Å². The highest BCUT2D eigenvalue weighted by molar-refractivity contribution is 4.91. The van der Waals surface area contributed by atoms with Crippen LogP contribution in [0, 0.1) is 0 Å². The van der Waals surface area contributed by atoms with Gasteiger partial charge in [-0.25, -0.2) is 0 Å². The molecule has 0 aromatic carbocycles. The van der Waals surface area contributed by atoms with Crippen molar-refractivity contribution >= 4 is 0 Å². The maximum Gasteiger partial charge on any atom is 0.186 e. The largest absolute Gasteiger partial charge is 0.394 e. The molecule has 0 radical (unpaired) electrons. The Labute approximate surface area is 219 Å². The van der Waals surface area contributed by atoms with E-state index in [1.54, 1.807) is 0 Å². The minimum Gasteiger partial charge on any atom is -0.394 e. The average molecular weight is 521 g/mol. The molecule has 1 heterocycles. The molecule has 6 atom stereocenters. The molecule has 0 aromatic heterocycles. The summed E-state index contributed by atoms with van der Waals surface area (Å²) in [7, 11) is 1.47. The fourth-order valence-corrected chi connectivity index (χ4v) is 4.74. The highest BCUT2D eigenvalue weighted by Gasteiger charge is 2.47. The predicted octanol–water partition coefficient (Wildman–Crippen LogP) is 4.10. The average Bonchev–Trinajstić information content (AvgIpc) is 2.89. The van der Waals surface area contributed by atoms with Crippen LogP contribution in [-0.4, -0.2) is 90.8 Å². The molecule has 1 fully saturated rings. The van der Waals surface area contributed by atoms with Crippen molar-refractivity contribution in [2.75, 3.05) is 33.5 Å². The predicted molar refractivity (Wildman–Crippen MR) is 141 cm³/mol. The normalized spacial score (nSPS) is 25.3. The van der Waals surface area contributed by atoms with Gasteiger partial charge in [0.1, 0.15) is 30.5 Å². The molecule has 0 saturated carbocycles. The molecule has 4 N–H and O–H groups in total. The first-order valence-corrected chi connectivity index (χ1v) is 14.6. The van der Waals surface area contributed by atoms with Crippen LogP contribution in [0.1, 0.15) is 110 Å². The zero-order chi connectivity index (χ0) is 26.4. The summed E-state index contributed by atoms with van der Waals surface area (Å²) in [6.45, 7) is 1.75. The van der Waals surface area contributed by atoms with Gasteiger partial charge >= 0.3 is 0 Å². The molecule has 0 amide bonds. The second-order valence-corrected chi connectivity index (χ2v) is 10.2. The van der Waals surface area contributed by atoms with Crippen molar-refractivity contribution in [2.45, 2.75) is 146 Å². The number of hydrogen-bond donors (Lipinski definition) is 4. The number of rotatable bonds is 24. The van der Waals surface area contributed by atoms with E-state index in [9.17, 15) is 15.3 Å². The van der Waals surface area contributed by atoms with Gasteiger partial charge in [0.25, 0.3) is 0 Å². The smallest absolute Gasteiger partial charge is 0.186 e. The summed E-state index contributed by atoms with van der Waals surface area (Å²) in [5.41, 5.74) is 0. The second-order valence-electron chi connectivity index (χ2n) is 10.2. The minimum atomic E-state index is -1.14. The standard InChI is InChI=1S/C28H56O8/c1-3-4-5-6-7-8-9-10-11-12-13-14-15-16-17-18-19-34-27-26(35-22-23(31)20-29)25(32)24(21-30)36-28(27)33-2/h23-32H,3-22H2,1-2H3/t23?,24-,25-,26+,27-,28?/m1/s1. The molecular formula is C28H56O8. The zero-order valence-electron chi connectivity index (χ0n) is 23.0. The summed E-state index contributed by atoms with van der Waals surface area (Å²) < 4.78 is 22.6. The van der Waals surface area contributed by atoms with Crippen molar-refractivity contribution in [1.82, 2.24) is 0 Å². The van der Waals surface area contributed by atoms with Gasteiger partial charge in [-0.05, 0) is 6.42 Å². The third kappa shape index (κ3) is 14.6. The Morgan fingerprint density at radius 1 is 0.722 bits per heavy atom. The quantitative estimate of drug-likeness (QED) is 0.141. The van der Waals surface area contributed by atoms with Crippen molar-refractivity contribution in [3.8, 4) is 0 Å². The summed E-state index contributed by atoms with van der Waals surface area (Å²) in [4.78, 5) is 0. The summed E-state index contributed by atoms with van der Waals surface area (Å²) in [5.74, 6) is 0. The van der Waals surface area contributed by atoms with E-state index in [-0.39, 0.29) is 6.61 Å². The van der Waals surface area contributed by atoms with Crippen molar-refractivity contribution in [3.63, 3.8) is 0 Å². The van der Waals surface area contributed by atoms with E-state index in [0.717, 1.165) is 12.8 Å². The summed E-state index contributed by atoms with van der Waals surface area (Å²) in [5, 5.41) is 38.7. The molecule has 8 nitrogen and oxygen atoms in total. The van der Waals surface area contributed by atoms with Crippen molar-refractivity contribution in [3.05, 3.63) is 0 Å². The molecule has 0 spiro atoms. The number of aliphatic hydroxyl groups is 4. The van der Waals surface area contributed by atoms with Gasteiger partial charge < -0.3 is 39.4 Å². The highest BCUT2D eigenvalue weighted by atomic mass is 16.7. The molecule has 0 aromatic rings. The van der Waals surface area contributed by atoms with Crippen LogP contribution in [0.2, 0.25) is 0 Å². The summed E-state index contributed by atoms with van der Waals surface area (Å²) in [6, 6.07) is 0. The van der Waals surface area contributed by atoms with Crippen LogP contribution in [0.3, 0.4) is 0 Å². The molecule has 1 rings (SSSR count). The SMILES string of the molecule is CCCCCCCCCCCCCCCCCCO[C@H]1C(OC)O[C@H](CO)[C@@H](O)[C@@H]1OCC(O)CO. The first kappa shape index (κ1) is 33.7. The van der Waals surface area contributed by atoms with Crippen LogP contribution in [0.15, 0.2) is 0 Å². The van der Waals surface area contributed by atoms with Crippen LogP contribution in [0.4, 0.5) is 0 Å². The summed E-state index contributed by atoms with van der Waals surface area (Å²) >= 11 is 0. The maximum absolute atomic E-state index is 10.6. The Morgan fingerprint density at radius 3 is 1.67 bits per heavy atom. The lowest BCUT2D eigenvalue weighted by molar-refractivity contribution is -0.312. The lowest BCUT2D eigenvalue weighted by Gasteiger charge is -2.43. The van der Waals surface area contributed by atoms with E-state index in [0.29, 0.717) is 6.61 Å². The lowest BCUT2D eigenvalue weighted by atomic mass is 9.98. The van der Waals surface area contributed by atoms with Gasteiger partial charge in [-0.2, -0.15) is 0 Å². The van der Waals surface area contributed by atoms with E-state index in [4.69, 9.17) is 24.1 Å². The molecule has 1 aliphatic heterocycles. The Bertz CT molecular complexity index is 480. The first-order valence-electron chi connectivity index (χ1n) is 14.6. The molecule has 1 saturated heterocycles. The molecule has 216 valence electrons. The van der Waals surface area contributed by atoms with Gasteiger partial charge in [0.05, 0.1) is 19.8 Å². The monoisotopic (exact) mass is 520 g/mol. The van der Waals surface area contributed by atoms with Gasteiger partial charge in [0.15, 0.2) is 6.29 Å². The Hall–Kier alpha value is -0.320.